The minimum absolute atomic E-state index is 1.04. The number of nitrogens with zero attached hydrogens (tertiary/aromatic N) is 1. The predicted molar refractivity (Wildman–Crippen MR) is 92.8 cm³/mol. The molecule has 0 heterocycles. The molecule has 0 aromatic heterocycles. The van der Waals surface area contributed by atoms with Crippen LogP contribution in [0, 0.1) is 0 Å². The van der Waals surface area contributed by atoms with Crippen molar-refractivity contribution in [3.63, 3.8) is 0 Å². The average Bonchev–Trinajstić information content (AvgIpc) is 2.55. The molecule has 0 saturated heterocycles. The summed E-state index contributed by atoms with van der Waals surface area (Å²) in [5.41, 5.74) is 1.04. The summed E-state index contributed by atoms with van der Waals surface area (Å²) in [6.45, 7) is 1.96. The highest BCUT2D eigenvalue weighted by Crippen LogP contribution is 2.39. The van der Waals surface area contributed by atoms with Gasteiger partial charge in [0, 0.05) is 11.6 Å². The average molecular weight is 269 g/mol. The fraction of sp³-hybridized carbons (Fsp3) is 0.0500. The second-order valence-corrected chi connectivity index (χ2v) is 5.18. The van der Waals surface area contributed by atoms with Crippen molar-refractivity contribution in [2.24, 2.45) is 4.99 Å². The van der Waals surface area contributed by atoms with E-state index >= 15 is 0 Å². The van der Waals surface area contributed by atoms with E-state index in [1.165, 1.54) is 32.3 Å². The summed E-state index contributed by atoms with van der Waals surface area (Å²) in [4.78, 5) is 4.57. The summed E-state index contributed by atoms with van der Waals surface area (Å²) >= 11 is 0. The highest BCUT2D eigenvalue weighted by molar-refractivity contribution is 6.27. The lowest BCUT2D eigenvalue weighted by atomic mass is 9.93. The Morgan fingerprint density at radius 1 is 0.619 bits per heavy atom. The standard InChI is InChI=1S/C20H15N/c1-2-21-19-13-7-12-18-16-9-4-3-8-14(16)15-10-5-6-11-17(15)20(18)19/h2-13H,1H3. The van der Waals surface area contributed by atoms with E-state index in [9.17, 15) is 0 Å². The van der Waals surface area contributed by atoms with Gasteiger partial charge in [-0.2, -0.15) is 0 Å². The molecule has 4 rings (SSSR count). The molecule has 21 heavy (non-hydrogen) atoms. The van der Waals surface area contributed by atoms with Crippen molar-refractivity contribution in [2.75, 3.05) is 0 Å². The van der Waals surface area contributed by atoms with Crippen molar-refractivity contribution in [1.29, 1.82) is 0 Å². The Labute approximate surface area is 123 Å². The molecule has 0 aliphatic carbocycles. The van der Waals surface area contributed by atoms with Gasteiger partial charge in [0.2, 0.25) is 0 Å². The van der Waals surface area contributed by atoms with Crippen molar-refractivity contribution >= 4 is 44.2 Å². The zero-order chi connectivity index (χ0) is 14.2. The van der Waals surface area contributed by atoms with Gasteiger partial charge in [-0.05, 0) is 39.9 Å². The van der Waals surface area contributed by atoms with Gasteiger partial charge >= 0.3 is 0 Å². The number of benzene rings is 4. The van der Waals surface area contributed by atoms with Crippen molar-refractivity contribution in [2.45, 2.75) is 6.92 Å². The topological polar surface area (TPSA) is 12.4 Å². The predicted octanol–water partition coefficient (Wildman–Crippen LogP) is 5.87. The van der Waals surface area contributed by atoms with Gasteiger partial charge in [-0.25, -0.2) is 0 Å². The van der Waals surface area contributed by atoms with Gasteiger partial charge in [-0.3, -0.25) is 4.99 Å². The maximum absolute atomic E-state index is 4.57. The Morgan fingerprint density at radius 2 is 1.10 bits per heavy atom. The van der Waals surface area contributed by atoms with E-state index in [-0.39, 0.29) is 0 Å². The van der Waals surface area contributed by atoms with Gasteiger partial charge in [0.05, 0.1) is 5.69 Å². The molecule has 0 fully saturated rings. The van der Waals surface area contributed by atoms with E-state index in [0.717, 1.165) is 5.69 Å². The number of hydrogen-bond donors (Lipinski definition) is 0. The highest BCUT2D eigenvalue weighted by atomic mass is 14.7. The third kappa shape index (κ3) is 1.74. The third-order valence-electron chi connectivity index (χ3n) is 4.01. The fourth-order valence-electron chi connectivity index (χ4n) is 3.18. The first-order chi connectivity index (χ1) is 10.4. The molecular weight excluding hydrogens is 254 g/mol. The van der Waals surface area contributed by atoms with Crippen molar-refractivity contribution in [3.05, 3.63) is 66.7 Å². The number of aliphatic imine (C=N–C) groups is 1. The summed E-state index contributed by atoms with van der Waals surface area (Å²) in [6, 6.07) is 23.6. The molecule has 0 N–H and O–H groups in total. The van der Waals surface area contributed by atoms with Crippen molar-refractivity contribution in [1.82, 2.24) is 0 Å². The van der Waals surface area contributed by atoms with Crippen LogP contribution in [0.3, 0.4) is 0 Å². The summed E-state index contributed by atoms with van der Waals surface area (Å²) < 4.78 is 0. The molecule has 1 nitrogen and oxygen atoms in total. The van der Waals surface area contributed by atoms with Gasteiger partial charge in [-0.15, -0.1) is 0 Å². The molecule has 0 amide bonds. The summed E-state index contributed by atoms with van der Waals surface area (Å²) in [7, 11) is 0. The van der Waals surface area contributed by atoms with E-state index in [0.29, 0.717) is 0 Å². The van der Waals surface area contributed by atoms with Crippen LogP contribution in [0.15, 0.2) is 71.7 Å². The zero-order valence-electron chi connectivity index (χ0n) is 11.9. The molecule has 4 aromatic carbocycles. The number of hydrogen-bond acceptors (Lipinski definition) is 1. The lowest BCUT2D eigenvalue weighted by Gasteiger charge is -2.11. The molecule has 0 bridgehead atoms. The molecule has 0 atom stereocenters. The summed E-state index contributed by atoms with van der Waals surface area (Å²) in [6.07, 6.45) is 1.86. The van der Waals surface area contributed by atoms with Crippen LogP contribution in [0.4, 0.5) is 5.69 Å². The number of rotatable bonds is 1. The van der Waals surface area contributed by atoms with E-state index in [2.05, 4.69) is 71.7 Å². The van der Waals surface area contributed by atoms with E-state index < -0.39 is 0 Å². The molecule has 0 unspecified atom stereocenters. The molecule has 4 aromatic rings. The first-order valence-electron chi connectivity index (χ1n) is 7.21. The SMILES string of the molecule is CC=Nc1cccc2c3ccccc3c3ccccc3c12. The minimum atomic E-state index is 1.04. The van der Waals surface area contributed by atoms with Crippen molar-refractivity contribution in [3.8, 4) is 0 Å². The quantitative estimate of drug-likeness (QED) is 0.303. The van der Waals surface area contributed by atoms with Crippen LogP contribution in [0.1, 0.15) is 6.92 Å². The third-order valence-corrected chi connectivity index (χ3v) is 4.01. The summed E-state index contributed by atoms with van der Waals surface area (Å²) in [5, 5.41) is 7.67. The minimum Gasteiger partial charge on any atom is -0.261 e. The first kappa shape index (κ1) is 12.1. The Bertz CT molecular complexity index is 951. The van der Waals surface area contributed by atoms with Crippen LogP contribution in [-0.4, -0.2) is 6.21 Å². The Balaban J connectivity index is 2.39. The monoisotopic (exact) mass is 269 g/mol. The molecule has 0 radical (unpaired) electrons. The van der Waals surface area contributed by atoms with Gasteiger partial charge in [0.1, 0.15) is 0 Å². The lowest BCUT2D eigenvalue weighted by Crippen LogP contribution is -1.83. The highest BCUT2D eigenvalue weighted by Gasteiger charge is 2.10. The van der Waals surface area contributed by atoms with Gasteiger partial charge in [0.25, 0.3) is 0 Å². The Kier molecular flexibility index (Phi) is 2.71. The molecule has 100 valence electrons. The molecular formula is C20H15N. The first-order valence-corrected chi connectivity index (χ1v) is 7.21. The van der Waals surface area contributed by atoms with E-state index in [1.54, 1.807) is 0 Å². The smallest absolute Gasteiger partial charge is 0.0710 e. The van der Waals surface area contributed by atoms with Crippen LogP contribution >= 0.6 is 0 Å². The maximum Gasteiger partial charge on any atom is 0.0710 e. The van der Waals surface area contributed by atoms with Gasteiger partial charge < -0.3 is 0 Å². The maximum atomic E-state index is 4.57. The van der Waals surface area contributed by atoms with Crippen LogP contribution < -0.4 is 0 Å². The molecule has 0 saturated carbocycles. The zero-order valence-corrected chi connectivity index (χ0v) is 11.9. The largest absolute Gasteiger partial charge is 0.261 e. The Hall–Kier alpha value is -2.67. The second-order valence-electron chi connectivity index (χ2n) is 5.18. The molecule has 0 spiro atoms. The molecule has 0 aliphatic heterocycles. The second kappa shape index (κ2) is 4.71. The van der Waals surface area contributed by atoms with Gasteiger partial charge in [-0.1, -0.05) is 60.7 Å². The van der Waals surface area contributed by atoms with E-state index in [4.69, 9.17) is 0 Å². The van der Waals surface area contributed by atoms with Gasteiger partial charge in [0.15, 0.2) is 0 Å². The normalized spacial score (nSPS) is 11.9. The fourth-order valence-corrected chi connectivity index (χ4v) is 3.18. The lowest BCUT2D eigenvalue weighted by molar-refractivity contribution is 1.58. The van der Waals surface area contributed by atoms with Crippen LogP contribution in [-0.2, 0) is 0 Å². The van der Waals surface area contributed by atoms with Crippen LogP contribution in [0.25, 0.3) is 32.3 Å². The van der Waals surface area contributed by atoms with Crippen molar-refractivity contribution < 1.29 is 0 Å². The van der Waals surface area contributed by atoms with Crippen LogP contribution in [0.2, 0.25) is 0 Å². The van der Waals surface area contributed by atoms with E-state index in [1.807, 2.05) is 13.1 Å². The summed E-state index contributed by atoms with van der Waals surface area (Å²) in [5.74, 6) is 0. The molecule has 1 heteroatoms. The molecule has 0 aliphatic rings. The van der Waals surface area contributed by atoms with Crippen LogP contribution in [0.5, 0.6) is 0 Å². The Morgan fingerprint density at radius 3 is 1.67 bits per heavy atom. The number of fused-ring (bicyclic) bond motifs is 6.